The fourth-order valence-corrected chi connectivity index (χ4v) is 5.47. The molecule has 12 heteroatoms. The van der Waals surface area contributed by atoms with E-state index in [9.17, 15) is 27.9 Å². The Balaban J connectivity index is 1.33. The van der Waals surface area contributed by atoms with Crippen LogP contribution in [0.25, 0.3) is 0 Å². The monoisotopic (exact) mass is 491 g/mol. The molecule has 2 aliphatic rings. The molecule has 1 aromatic heterocycles. The van der Waals surface area contributed by atoms with Gasteiger partial charge in [-0.1, -0.05) is 0 Å². The Morgan fingerprint density at radius 2 is 1.65 bits per heavy atom. The van der Waals surface area contributed by atoms with Crippen molar-refractivity contribution in [2.75, 3.05) is 45.9 Å². The summed E-state index contributed by atoms with van der Waals surface area (Å²) in [4.78, 5) is 40.2. The van der Waals surface area contributed by atoms with Crippen molar-refractivity contribution >= 4 is 27.8 Å². The summed E-state index contributed by atoms with van der Waals surface area (Å²) in [5.74, 6) is -1.94. The Morgan fingerprint density at radius 3 is 2.29 bits per heavy atom. The first-order chi connectivity index (χ1) is 16.3. The topological polar surface area (TPSA) is 138 Å². The van der Waals surface area contributed by atoms with E-state index in [2.05, 4.69) is 0 Å². The molecule has 0 bridgehead atoms. The Labute approximate surface area is 196 Å². The van der Waals surface area contributed by atoms with Gasteiger partial charge in [-0.15, -0.1) is 0 Å². The standard InChI is InChI=1S/C22H25N3O8S/c26-18-6-5-16(34(30,31)25-7-1-2-8-25)14-17(18)22(29)33-15-20(27)23-9-11-24(12-10-23)21(28)19-4-3-13-32-19/h3-6,13-14,26H,1-2,7-12,15H2. The quantitative estimate of drug-likeness (QED) is 0.589. The maximum atomic E-state index is 12.7. The van der Waals surface area contributed by atoms with E-state index in [-0.39, 0.29) is 35.2 Å². The van der Waals surface area contributed by atoms with Crippen LogP contribution in [-0.2, 0) is 19.6 Å². The van der Waals surface area contributed by atoms with Crippen LogP contribution in [0.2, 0.25) is 0 Å². The van der Waals surface area contributed by atoms with Gasteiger partial charge in [0.15, 0.2) is 12.4 Å². The molecule has 2 saturated heterocycles. The highest BCUT2D eigenvalue weighted by atomic mass is 32.2. The number of furan rings is 1. The van der Waals surface area contributed by atoms with E-state index in [1.165, 1.54) is 21.5 Å². The number of aromatic hydroxyl groups is 1. The number of carbonyl (C=O) groups is 3. The summed E-state index contributed by atoms with van der Waals surface area (Å²) in [6, 6.07) is 6.61. The molecule has 182 valence electrons. The number of rotatable bonds is 6. The smallest absolute Gasteiger partial charge is 0.342 e. The molecule has 0 saturated carbocycles. The largest absolute Gasteiger partial charge is 0.507 e. The number of amides is 2. The van der Waals surface area contributed by atoms with Crippen LogP contribution in [0.4, 0.5) is 0 Å². The maximum Gasteiger partial charge on any atom is 0.342 e. The third kappa shape index (κ3) is 4.92. The second-order valence-electron chi connectivity index (χ2n) is 8.02. The van der Waals surface area contributed by atoms with Gasteiger partial charge < -0.3 is 24.1 Å². The minimum Gasteiger partial charge on any atom is -0.507 e. The van der Waals surface area contributed by atoms with Crippen LogP contribution < -0.4 is 0 Å². The van der Waals surface area contributed by atoms with Gasteiger partial charge in [0, 0.05) is 39.3 Å². The number of hydrogen-bond acceptors (Lipinski definition) is 8. The SMILES string of the molecule is O=C(OCC(=O)N1CCN(C(=O)c2ccco2)CC1)c1cc(S(=O)(=O)N2CCCC2)ccc1O. The number of piperazine rings is 1. The van der Waals surface area contributed by atoms with Gasteiger partial charge in [0.25, 0.3) is 11.8 Å². The van der Waals surface area contributed by atoms with Crippen molar-refractivity contribution in [3.63, 3.8) is 0 Å². The van der Waals surface area contributed by atoms with Crippen molar-refractivity contribution in [3.8, 4) is 5.75 Å². The predicted octanol–water partition coefficient (Wildman–Crippen LogP) is 0.911. The molecule has 2 aliphatic heterocycles. The number of nitrogens with zero attached hydrogens (tertiary/aromatic N) is 3. The lowest BCUT2D eigenvalue weighted by atomic mass is 10.2. The van der Waals surface area contributed by atoms with Gasteiger partial charge in [-0.3, -0.25) is 9.59 Å². The Morgan fingerprint density at radius 1 is 0.971 bits per heavy atom. The normalized spacial score (nSPS) is 17.1. The Hall–Kier alpha value is -3.38. The minimum absolute atomic E-state index is 0.122. The van der Waals surface area contributed by atoms with Crippen molar-refractivity contribution < 1.29 is 37.1 Å². The first-order valence-electron chi connectivity index (χ1n) is 10.9. The van der Waals surface area contributed by atoms with Crippen molar-refractivity contribution in [2.45, 2.75) is 17.7 Å². The number of benzene rings is 1. The van der Waals surface area contributed by atoms with Crippen molar-refractivity contribution in [3.05, 3.63) is 47.9 Å². The Kier molecular flexibility index (Phi) is 6.89. The van der Waals surface area contributed by atoms with Crippen LogP contribution in [0.3, 0.4) is 0 Å². The molecule has 3 heterocycles. The van der Waals surface area contributed by atoms with E-state index in [1.807, 2.05) is 0 Å². The zero-order chi connectivity index (χ0) is 24.3. The van der Waals surface area contributed by atoms with Gasteiger partial charge in [-0.05, 0) is 43.2 Å². The predicted molar refractivity (Wildman–Crippen MR) is 118 cm³/mol. The molecule has 0 atom stereocenters. The lowest BCUT2D eigenvalue weighted by Gasteiger charge is -2.34. The average molecular weight is 492 g/mol. The van der Waals surface area contributed by atoms with Crippen LogP contribution in [0.5, 0.6) is 5.75 Å². The van der Waals surface area contributed by atoms with Crippen molar-refractivity contribution in [1.82, 2.24) is 14.1 Å². The summed E-state index contributed by atoms with van der Waals surface area (Å²) in [6.45, 7) is 1.35. The van der Waals surface area contributed by atoms with Gasteiger partial charge in [-0.2, -0.15) is 4.31 Å². The number of phenolic OH excluding ortho intramolecular Hbond substituents is 1. The summed E-state index contributed by atoms with van der Waals surface area (Å²) in [6.07, 6.45) is 2.94. The number of ether oxygens (including phenoxy) is 1. The number of hydrogen-bond donors (Lipinski definition) is 1. The molecule has 0 radical (unpaired) electrons. The molecular weight excluding hydrogens is 466 g/mol. The highest BCUT2D eigenvalue weighted by Crippen LogP contribution is 2.26. The molecule has 1 N–H and O–H groups in total. The third-order valence-corrected chi connectivity index (χ3v) is 7.76. The lowest BCUT2D eigenvalue weighted by Crippen LogP contribution is -2.51. The van der Waals surface area contributed by atoms with E-state index in [4.69, 9.17) is 9.15 Å². The van der Waals surface area contributed by atoms with E-state index < -0.39 is 34.3 Å². The van der Waals surface area contributed by atoms with Gasteiger partial charge in [-0.25, -0.2) is 13.2 Å². The number of sulfonamides is 1. The third-order valence-electron chi connectivity index (χ3n) is 5.87. The summed E-state index contributed by atoms with van der Waals surface area (Å²) >= 11 is 0. The summed E-state index contributed by atoms with van der Waals surface area (Å²) in [7, 11) is -3.79. The van der Waals surface area contributed by atoms with Gasteiger partial charge >= 0.3 is 5.97 Å². The van der Waals surface area contributed by atoms with E-state index >= 15 is 0 Å². The summed E-state index contributed by atoms with van der Waals surface area (Å²) < 4.78 is 37.0. The van der Waals surface area contributed by atoms with Crippen molar-refractivity contribution in [2.24, 2.45) is 0 Å². The summed E-state index contributed by atoms with van der Waals surface area (Å²) in [5.41, 5.74) is -0.332. The second kappa shape index (κ2) is 9.85. The van der Waals surface area contributed by atoms with Crippen molar-refractivity contribution in [1.29, 1.82) is 0 Å². The lowest BCUT2D eigenvalue weighted by molar-refractivity contribution is -0.136. The average Bonchev–Trinajstić information content (AvgIpc) is 3.57. The minimum atomic E-state index is -3.79. The molecule has 4 rings (SSSR count). The molecule has 2 fully saturated rings. The summed E-state index contributed by atoms with van der Waals surface area (Å²) in [5, 5.41) is 10.1. The Bertz CT molecular complexity index is 1160. The van der Waals surface area contributed by atoms with Crippen LogP contribution >= 0.6 is 0 Å². The molecule has 11 nitrogen and oxygen atoms in total. The fourth-order valence-electron chi connectivity index (χ4n) is 3.93. The highest BCUT2D eigenvalue weighted by molar-refractivity contribution is 7.89. The zero-order valence-electron chi connectivity index (χ0n) is 18.4. The van der Waals surface area contributed by atoms with Crippen LogP contribution in [0.15, 0.2) is 45.9 Å². The number of carbonyl (C=O) groups excluding carboxylic acids is 3. The maximum absolute atomic E-state index is 12.7. The van der Waals surface area contributed by atoms with Crippen LogP contribution in [0.1, 0.15) is 33.8 Å². The second-order valence-corrected chi connectivity index (χ2v) is 9.95. The molecule has 2 amide bonds. The molecule has 0 unspecified atom stereocenters. The van der Waals surface area contributed by atoms with Crippen LogP contribution in [-0.4, -0.2) is 91.3 Å². The van der Waals surface area contributed by atoms with E-state index in [0.29, 0.717) is 26.2 Å². The molecule has 0 aliphatic carbocycles. The molecular formula is C22H25N3O8S. The molecule has 34 heavy (non-hydrogen) atoms. The molecule has 2 aromatic rings. The van der Waals surface area contributed by atoms with Gasteiger partial charge in [0.05, 0.1) is 11.2 Å². The van der Waals surface area contributed by atoms with E-state index in [1.54, 1.807) is 17.0 Å². The van der Waals surface area contributed by atoms with Crippen LogP contribution in [0, 0.1) is 0 Å². The number of phenols is 1. The molecule has 1 aromatic carbocycles. The molecule has 0 spiro atoms. The van der Waals surface area contributed by atoms with Gasteiger partial charge in [0.2, 0.25) is 10.0 Å². The fraction of sp³-hybridized carbons (Fsp3) is 0.409. The van der Waals surface area contributed by atoms with E-state index in [0.717, 1.165) is 25.0 Å². The number of esters is 1. The van der Waals surface area contributed by atoms with Gasteiger partial charge in [0.1, 0.15) is 11.3 Å². The first kappa shape index (κ1) is 23.8. The highest BCUT2D eigenvalue weighted by Gasteiger charge is 2.30. The zero-order valence-corrected chi connectivity index (χ0v) is 19.2. The first-order valence-corrected chi connectivity index (χ1v) is 12.3.